The van der Waals surface area contributed by atoms with E-state index in [2.05, 4.69) is 6.92 Å². The normalized spacial score (nSPS) is 18.2. The van der Waals surface area contributed by atoms with Crippen LogP contribution < -0.4 is 5.73 Å². The number of carbonyl (C=O) groups excluding carboxylic acids is 1. The molecule has 1 saturated carbocycles. The molecule has 0 aromatic carbocycles. The summed E-state index contributed by atoms with van der Waals surface area (Å²) in [4.78, 5) is 11.7. The second kappa shape index (κ2) is 9.94. The molecule has 1 aliphatic rings. The van der Waals surface area contributed by atoms with Crippen LogP contribution in [0.25, 0.3) is 0 Å². The zero-order valence-corrected chi connectivity index (χ0v) is 13.6. The smallest absolute Gasteiger partial charge is 0.305 e. The molecule has 0 radical (unpaired) electrons. The Labute approximate surface area is 125 Å². The van der Waals surface area contributed by atoms with Crippen molar-refractivity contribution in [1.82, 2.24) is 0 Å². The highest BCUT2D eigenvalue weighted by Gasteiger charge is 2.27. The first-order valence-electron chi connectivity index (χ1n) is 7.26. The van der Waals surface area contributed by atoms with Gasteiger partial charge in [0.1, 0.15) is 6.61 Å². The van der Waals surface area contributed by atoms with Gasteiger partial charge in [-0.05, 0) is 24.7 Å². The molecule has 1 rings (SSSR count). The number of nitrogens with two attached hydrogens (primary N) is 1. The van der Waals surface area contributed by atoms with Gasteiger partial charge in [0, 0.05) is 24.5 Å². The fraction of sp³-hybridized carbons (Fsp3) is 0.929. The molecule has 0 bridgehead atoms. The van der Waals surface area contributed by atoms with E-state index in [0.717, 1.165) is 17.9 Å². The first-order chi connectivity index (χ1) is 9.16. The summed E-state index contributed by atoms with van der Waals surface area (Å²) < 4.78 is 5.25. The van der Waals surface area contributed by atoms with Gasteiger partial charge >= 0.3 is 5.97 Å². The summed E-state index contributed by atoms with van der Waals surface area (Å²) in [5, 5.41) is 0. The average molecular weight is 306 g/mol. The predicted molar refractivity (Wildman–Crippen MR) is 85.4 cm³/mol. The van der Waals surface area contributed by atoms with Crippen LogP contribution in [0.2, 0.25) is 0 Å². The maximum absolute atomic E-state index is 11.7. The zero-order valence-electron chi connectivity index (χ0n) is 12.0. The molecule has 1 aliphatic carbocycles. The molecule has 0 unspecified atom stereocenters. The first-order valence-corrected chi connectivity index (χ1v) is 9.75. The maximum atomic E-state index is 11.7. The Bertz CT molecular complexity index is 256. The lowest BCUT2D eigenvalue weighted by atomic mass is 9.73. The van der Waals surface area contributed by atoms with Crippen LogP contribution >= 0.6 is 21.6 Å². The Morgan fingerprint density at radius 1 is 1.21 bits per heavy atom. The summed E-state index contributed by atoms with van der Waals surface area (Å²) in [5.74, 6) is 1.78. The molecule has 3 nitrogen and oxygen atoms in total. The molecule has 112 valence electrons. The maximum Gasteiger partial charge on any atom is 0.305 e. The van der Waals surface area contributed by atoms with Crippen LogP contribution in [0.4, 0.5) is 0 Å². The summed E-state index contributed by atoms with van der Waals surface area (Å²) >= 11 is 0. The number of hydrogen-bond acceptors (Lipinski definition) is 5. The summed E-state index contributed by atoms with van der Waals surface area (Å²) in [7, 11) is 3.47. The Morgan fingerprint density at radius 3 is 2.58 bits per heavy atom. The molecule has 0 aliphatic heterocycles. The molecule has 2 N–H and O–H groups in total. The minimum atomic E-state index is -0.0313. The van der Waals surface area contributed by atoms with Gasteiger partial charge in [-0.1, -0.05) is 47.8 Å². The average Bonchev–Trinajstić information content (AvgIpc) is 2.41. The van der Waals surface area contributed by atoms with Crippen molar-refractivity contribution in [2.45, 2.75) is 51.9 Å². The van der Waals surface area contributed by atoms with E-state index in [4.69, 9.17) is 10.5 Å². The molecule has 0 atom stereocenters. The molecule has 0 spiro atoms. The SMILES string of the molecule is CC1(CCC(=O)OCCSSCCN)CCCCC1. The lowest BCUT2D eigenvalue weighted by Crippen LogP contribution is -2.22. The van der Waals surface area contributed by atoms with Gasteiger partial charge in [0.15, 0.2) is 0 Å². The summed E-state index contributed by atoms with van der Waals surface area (Å²) in [6.07, 6.45) is 8.11. The van der Waals surface area contributed by atoms with Gasteiger partial charge in [-0.25, -0.2) is 0 Å². The third kappa shape index (κ3) is 8.10. The van der Waals surface area contributed by atoms with Gasteiger partial charge in [-0.2, -0.15) is 0 Å². The Hall–Kier alpha value is 0.130. The number of rotatable bonds is 9. The molecule has 0 heterocycles. The Balaban J connectivity index is 2.01. The van der Waals surface area contributed by atoms with Crippen molar-refractivity contribution in [3.05, 3.63) is 0 Å². The molecule has 19 heavy (non-hydrogen) atoms. The van der Waals surface area contributed by atoms with Crippen molar-refractivity contribution in [1.29, 1.82) is 0 Å². The number of carbonyl (C=O) groups is 1. The second-order valence-corrected chi connectivity index (χ2v) is 8.23. The zero-order chi connectivity index (χ0) is 14.0. The van der Waals surface area contributed by atoms with Crippen LogP contribution in [0, 0.1) is 5.41 Å². The summed E-state index contributed by atoms with van der Waals surface area (Å²) in [5.41, 5.74) is 5.77. The fourth-order valence-electron chi connectivity index (χ4n) is 2.49. The highest BCUT2D eigenvalue weighted by atomic mass is 33.1. The van der Waals surface area contributed by atoms with Crippen molar-refractivity contribution in [2.75, 3.05) is 24.7 Å². The molecular weight excluding hydrogens is 278 g/mol. The lowest BCUT2D eigenvalue weighted by Gasteiger charge is -2.33. The summed E-state index contributed by atoms with van der Waals surface area (Å²) in [6, 6.07) is 0. The number of ether oxygens (including phenoxy) is 1. The standard InChI is InChI=1S/C14H27NO2S2/c1-14(6-3-2-4-7-14)8-5-13(16)17-10-12-19-18-11-9-15/h2-12,15H2,1H3. The van der Waals surface area contributed by atoms with E-state index in [9.17, 15) is 4.79 Å². The highest BCUT2D eigenvalue weighted by Crippen LogP contribution is 2.39. The fourth-order valence-corrected chi connectivity index (χ4v) is 4.17. The highest BCUT2D eigenvalue weighted by molar-refractivity contribution is 8.76. The van der Waals surface area contributed by atoms with Crippen molar-refractivity contribution >= 4 is 27.6 Å². The molecule has 0 aromatic rings. The molecule has 1 fully saturated rings. The van der Waals surface area contributed by atoms with E-state index in [0.29, 0.717) is 25.0 Å². The third-order valence-corrected chi connectivity index (χ3v) is 6.11. The van der Waals surface area contributed by atoms with Gasteiger partial charge in [-0.3, -0.25) is 4.79 Å². The molecule has 0 amide bonds. The summed E-state index contributed by atoms with van der Waals surface area (Å²) in [6.45, 7) is 3.55. The van der Waals surface area contributed by atoms with E-state index in [1.807, 2.05) is 0 Å². The van der Waals surface area contributed by atoms with E-state index >= 15 is 0 Å². The Morgan fingerprint density at radius 2 is 1.89 bits per heavy atom. The van der Waals surface area contributed by atoms with Gasteiger partial charge in [0.05, 0.1) is 0 Å². The molecule has 5 heteroatoms. The van der Waals surface area contributed by atoms with Crippen LogP contribution in [0.15, 0.2) is 0 Å². The van der Waals surface area contributed by atoms with Gasteiger partial charge in [-0.15, -0.1) is 0 Å². The largest absolute Gasteiger partial charge is 0.465 e. The van der Waals surface area contributed by atoms with Crippen LogP contribution in [0.5, 0.6) is 0 Å². The van der Waals surface area contributed by atoms with Crippen molar-refractivity contribution in [3.63, 3.8) is 0 Å². The number of esters is 1. The predicted octanol–water partition coefficient (Wildman–Crippen LogP) is 3.62. The molecule has 0 aromatic heterocycles. The van der Waals surface area contributed by atoms with E-state index < -0.39 is 0 Å². The van der Waals surface area contributed by atoms with Crippen LogP contribution in [0.1, 0.15) is 51.9 Å². The third-order valence-electron chi connectivity index (χ3n) is 3.71. The van der Waals surface area contributed by atoms with Crippen LogP contribution in [0.3, 0.4) is 0 Å². The quantitative estimate of drug-likeness (QED) is 0.400. The topological polar surface area (TPSA) is 52.3 Å². The monoisotopic (exact) mass is 305 g/mol. The van der Waals surface area contributed by atoms with Gasteiger partial charge in [0.25, 0.3) is 0 Å². The van der Waals surface area contributed by atoms with Gasteiger partial charge in [0.2, 0.25) is 0 Å². The second-order valence-electron chi connectivity index (χ2n) is 5.52. The first kappa shape index (κ1) is 17.2. The molecular formula is C14H27NO2S2. The van der Waals surface area contributed by atoms with Crippen molar-refractivity contribution < 1.29 is 9.53 Å². The van der Waals surface area contributed by atoms with Crippen molar-refractivity contribution in [3.8, 4) is 0 Å². The van der Waals surface area contributed by atoms with E-state index in [1.54, 1.807) is 21.6 Å². The van der Waals surface area contributed by atoms with Crippen molar-refractivity contribution in [2.24, 2.45) is 11.1 Å². The van der Waals surface area contributed by atoms with E-state index in [1.165, 1.54) is 32.1 Å². The van der Waals surface area contributed by atoms with Crippen LogP contribution in [-0.2, 0) is 9.53 Å². The lowest BCUT2D eigenvalue weighted by molar-refractivity contribution is -0.143. The minimum absolute atomic E-state index is 0.0313. The van der Waals surface area contributed by atoms with Crippen LogP contribution in [-0.4, -0.2) is 30.6 Å². The Kier molecular flexibility index (Phi) is 8.99. The van der Waals surface area contributed by atoms with E-state index in [-0.39, 0.29) is 5.97 Å². The number of hydrogen-bond donors (Lipinski definition) is 1. The molecule has 0 saturated heterocycles. The van der Waals surface area contributed by atoms with Gasteiger partial charge < -0.3 is 10.5 Å². The minimum Gasteiger partial charge on any atom is -0.465 e.